The Morgan fingerprint density at radius 3 is 2.88 bits per heavy atom. The number of aromatic amines is 1. The third-order valence-corrected chi connectivity index (χ3v) is 5.77. The van der Waals surface area contributed by atoms with Crippen molar-refractivity contribution < 1.29 is 4.79 Å². The minimum Gasteiger partial charge on any atom is -0.353 e. The molecule has 138 valence electrons. The SMILES string of the molecule is Cc1sc2nc(CCC(=O)NC3CCNC(C)C3)[nH]c(=O)c2c1C.Cl. The zero-order chi connectivity index (χ0) is 17.3. The molecule has 0 saturated carbocycles. The fraction of sp³-hybridized carbons (Fsp3) is 0.588. The van der Waals surface area contributed by atoms with E-state index in [-0.39, 0.29) is 29.9 Å². The summed E-state index contributed by atoms with van der Waals surface area (Å²) in [7, 11) is 0. The van der Waals surface area contributed by atoms with Crippen molar-refractivity contribution in [3.05, 3.63) is 26.6 Å². The maximum absolute atomic E-state index is 12.2. The third kappa shape index (κ3) is 4.59. The van der Waals surface area contributed by atoms with Crippen LogP contribution in [0.2, 0.25) is 0 Å². The van der Waals surface area contributed by atoms with E-state index in [1.165, 1.54) is 11.3 Å². The van der Waals surface area contributed by atoms with Crippen molar-refractivity contribution in [2.45, 2.75) is 58.5 Å². The molecule has 1 saturated heterocycles. The summed E-state index contributed by atoms with van der Waals surface area (Å²) in [5, 5.41) is 7.14. The van der Waals surface area contributed by atoms with Gasteiger partial charge in [-0.2, -0.15) is 0 Å². The second kappa shape index (κ2) is 8.29. The van der Waals surface area contributed by atoms with Crippen LogP contribution >= 0.6 is 23.7 Å². The molecule has 6 nitrogen and oxygen atoms in total. The van der Waals surface area contributed by atoms with Crippen LogP contribution in [0.3, 0.4) is 0 Å². The van der Waals surface area contributed by atoms with E-state index in [2.05, 4.69) is 27.5 Å². The Morgan fingerprint density at radius 1 is 1.40 bits per heavy atom. The first-order valence-electron chi connectivity index (χ1n) is 8.45. The molecule has 2 aromatic heterocycles. The number of carbonyl (C=O) groups is 1. The monoisotopic (exact) mass is 384 g/mol. The maximum Gasteiger partial charge on any atom is 0.259 e. The molecular weight excluding hydrogens is 360 g/mol. The van der Waals surface area contributed by atoms with E-state index in [9.17, 15) is 9.59 Å². The number of piperidine rings is 1. The molecule has 2 unspecified atom stereocenters. The number of halogens is 1. The molecule has 8 heteroatoms. The lowest BCUT2D eigenvalue weighted by Gasteiger charge is -2.28. The van der Waals surface area contributed by atoms with Crippen molar-refractivity contribution in [2.75, 3.05) is 6.54 Å². The second-order valence-corrected chi connectivity index (χ2v) is 7.82. The number of carbonyl (C=O) groups excluding carboxylic acids is 1. The van der Waals surface area contributed by atoms with Gasteiger partial charge >= 0.3 is 0 Å². The van der Waals surface area contributed by atoms with Gasteiger partial charge in [0.1, 0.15) is 10.7 Å². The number of H-pyrrole nitrogens is 1. The summed E-state index contributed by atoms with van der Waals surface area (Å²) in [6.45, 7) is 7.01. The number of fused-ring (bicyclic) bond motifs is 1. The quantitative estimate of drug-likeness (QED) is 0.754. The first-order chi connectivity index (χ1) is 11.4. The average Bonchev–Trinajstić information content (AvgIpc) is 2.80. The van der Waals surface area contributed by atoms with E-state index >= 15 is 0 Å². The number of hydrogen-bond donors (Lipinski definition) is 3. The van der Waals surface area contributed by atoms with Gasteiger partial charge in [-0.1, -0.05) is 0 Å². The van der Waals surface area contributed by atoms with Gasteiger partial charge in [0.25, 0.3) is 5.56 Å². The van der Waals surface area contributed by atoms with Crippen LogP contribution in [-0.4, -0.2) is 34.5 Å². The lowest BCUT2D eigenvalue weighted by Crippen LogP contribution is -2.46. The van der Waals surface area contributed by atoms with E-state index in [0.717, 1.165) is 34.7 Å². The van der Waals surface area contributed by atoms with Crippen LogP contribution < -0.4 is 16.2 Å². The zero-order valence-corrected chi connectivity index (χ0v) is 16.4. The molecule has 0 aromatic carbocycles. The summed E-state index contributed by atoms with van der Waals surface area (Å²) in [6.07, 6.45) is 2.72. The minimum atomic E-state index is -0.107. The van der Waals surface area contributed by atoms with Gasteiger partial charge in [0.2, 0.25) is 5.91 Å². The fourth-order valence-corrected chi connectivity index (χ4v) is 4.26. The van der Waals surface area contributed by atoms with Crippen molar-refractivity contribution >= 4 is 39.9 Å². The Labute approximate surface area is 157 Å². The van der Waals surface area contributed by atoms with Crippen LogP contribution in [0.5, 0.6) is 0 Å². The number of thiophene rings is 1. The van der Waals surface area contributed by atoms with Crippen molar-refractivity contribution in [2.24, 2.45) is 0 Å². The molecule has 1 fully saturated rings. The van der Waals surface area contributed by atoms with Crippen LogP contribution in [0.15, 0.2) is 4.79 Å². The Balaban J connectivity index is 0.00000225. The number of nitrogens with zero attached hydrogens (tertiary/aromatic N) is 1. The minimum absolute atomic E-state index is 0. The summed E-state index contributed by atoms with van der Waals surface area (Å²) in [4.78, 5) is 33.6. The number of aromatic nitrogens is 2. The van der Waals surface area contributed by atoms with Gasteiger partial charge in [-0.15, -0.1) is 23.7 Å². The Hall–Kier alpha value is -1.44. The summed E-state index contributed by atoms with van der Waals surface area (Å²) >= 11 is 1.53. The number of hydrogen-bond acceptors (Lipinski definition) is 5. The molecule has 2 aromatic rings. The first kappa shape index (κ1) is 19.9. The summed E-state index contributed by atoms with van der Waals surface area (Å²) in [5.41, 5.74) is 0.887. The van der Waals surface area contributed by atoms with Gasteiger partial charge in [0, 0.05) is 29.8 Å². The van der Waals surface area contributed by atoms with Crippen molar-refractivity contribution in [3.8, 4) is 0 Å². The Bertz CT molecular complexity index is 817. The van der Waals surface area contributed by atoms with Crippen molar-refractivity contribution in [3.63, 3.8) is 0 Å². The molecular formula is C17H25ClN4O2S. The molecule has 1 amide bonds. The molecule has 1 aliphatic heterocycles. The van der Waals surface area contributed by atoms with Crippen LogP contribution in [0.1, 0.15) is 42.5 Å². The van der Waals surface area contributed by atoms with Gasteiger partial charge in [-0.3, -0.25) is 9.59 Å². The molecule has 0 spiro atoms. The molecule has 25 heavy (non-hydrogen) atoms. The van der Waals surface area contributed by atoms with Crippen LogP contribution in [-0.2, 0) is 11.2 Å². The molecule has 0 aliphatic carbocycles. The van der Waals surface area contributed by atoms with Crippen LogP contribution in [0.4, 0.5) is 0 Å². The molecule has 3 heterocycles. The van der Waals surface area contributed by atoms with Gasteiger partial charge in [0.05, 0.1) is 5.39 Å². The van der Waals surface area contributed by atoms with Crippen molar-refractivity contribution in [1.29, 1.82) is 0 Å². The Kier molecular flexibility index (Phi) is 6.59. The maximum atomic E-state index is 12.2. The molecule has 0 bridgehead atoms. The van der Waals surface area contributed by atoms with E-state index < -0.39 is 0 Å². The Morgan fingerprint density at radius 2 is 2.16 bits per heavy atom. The standard InChI is InChI=1S/C17H24N4O2S.ClH/c1-9-8-12(6-7-18-9)19-14(22)5-4-13-20-16(23)15-10(2)11(3)24-17(15)21-13;/h9,12,18H,4-8H2,1-3H3,(H,19,22)(H,20,21,23);1H. The molecule has 3 rings (SSSR count). The van der Waals surface area contributed by atoms with Crippen LogP contribution in [0.25, 0.3) is 10.2 Å². The topological polar surface area (TPSA) is 86.9 Å². The highest BCUT2D eigenvalue weighted by Crippen LogP contribution is 2.25. The second-order valence-electron chi connectivity index (χ2n) is 6.62. The molecule has 2 atom stereocenters. The highest BCUT2D eigenvalue weighted by molar-refractivity contribution is 7.18. The number of amides is 1. The van der Waals surface area contributed by atoms with Gasteiger partial charge in [0.15, 0.2) is 0 Å². The fourth-order valence-electron chi connectivity index (χ4n) is 3.21. The van der Waals surface area contributed by atoms with E-state index in [0.29, 0.717) is 30.1 Å². The van der Waals surface area contributed by atoms with Crippen molar-refractivity contribution in [1.82, 2.24) is 20.6 Å². The number of aryl methyl sites for hydroxylation is 3. The lowest BCUT2D eigenvalue weighted by atomic mass is 10.0. The van der Waals surface area contributed by atoms with Crippen LogP contribution in [0, 0.1) is 13.8 Å². The largest absolute Gasteiger partial charge is 0.353 e. The lowest BCUT2D eigenvalue weighted by molar-refractivity contribution is -0.122. The highest BCUT2D eigenvalue weighted by Gasteiger charge is 2.20. The van der Waals surface area contributed by atoms with E-state index in [4.69, 9.17) is 0 Å². The molecule has 3 N–H and O–H groups in total. The van der Waals surface area contributed by atoms with Gasteiger partial charge < -0.3 is 15.6 Å². The van der Waals surface area contributed by atoms with E-state index in [1.54, 1.807) is 0 Å². The molecule has 1 aliphatic rings. The normalized spacial score (nSPS) is 20.3. The predicted molar refractivity (Wildman–Crippen MR) is 104 cm³/mol. The first-order valence-corrected chi connectivity index (χ1v) is 9.27. The summed E-state index contributed by atoms with van der Waals surface area (Å²) < 4.78 is 0. The summed E-state index contributed by atoms with van der Waals surface area (Å²) in [5.74, 6) is 0.609. The van der Waals surface area contributed by atoms with Gasteiger partial charge in [-0.25, -0.2) is 4.98 Å². The van der Waals surface area contributed by atoms with Gasteiger partial charge in [-0.05, 0) is 45.7 Å². The number of rotatable bonds is 4. The summed E-state index contributed by atoms with van der Waals surface area (Å²) in [6, 6.07) is 0.681. The average molecular weight is 385 g/mol. The highest BCUT2D eigenvalue weighted by atomic mass is 35.5. The third-order valence-electron chi connectivity index (χ3n) is 4.67. The predicted octanol–water partition coefficient (Wildman–Crippen LogP) is 2.21. The van der Waals surface area contributed by atoms with E-state index in [1.807, 2.05) is 13.8 Å². The molecule has 0 radical (unpaired) electrons. The number of nitrogens with one attached hydrogen (secondary N) is 3. The smallest absolute Gasteiger partial charge is 0.259 e. The zero-order valence-electron chi connectivity index (χ0n) is 14.8.